The van der Waals surface area contributed by atoms with Crippen LogP contribution in [0.2, 0.25) is 0 Å². The Labute approximate surface area is 107 Å². The number of carbonyl (C=O) groups excluding carboxylic acids is 1. The molecule has 1 aliphatic carbocycles. The number of Topliss-reactive ketones (excluding diaryl/α,β-unsaturated/α-hetero) is 1. The summed E-state index contributed by atoms with van der Waals surface area (Å²) in [6, 6.07) is 0. The largest absolute Gasteiger partial charge is 0.299 e. The Morgan fingerprint density at radius 3 is 1.88 bits per heavy atom. The van der Waals surface area contributed by atoms with Crippen molar-refractivity contribution in [2.75, 3.05) is 0 Å². The first-order valence-corrected chi connectivity index (χ1v) is 7.61. The monoisotopic (exact) mass is 238 g/mol. The molecule has 17 heavy (non-hydrogen) atoms. The third kappa shape index (κ3) is 1.86. The molecule has 1 saturated carbocycles. The molecular weight excluding hydrogens is 208 g/mol. The van der Waals surface area contributed by atoms with E-state index in [0.29, 0.717) is 5.78 Å². The molecule has 0 heterocycles. The van der Waals surface area contributed by atoms with E-state index < -0.39 is 0 Å². The molecule has 0 spiro atoms. The van der Waals surface area contributed by atoms with E-state index in [1.165, 1.54) is 6.42 Å². The van der Waals surface area contributed by atoms with Gasteiger partial charge in [-0.15, -0.1) is 0 Å². The summed E-state index contributed by atoms with van der Waals surface area (Å²) in [5.74, 6) is 1.30. The van der Waals surface area contributed by atoms with Gasteiger partial charge in [-0.05, 0) is 43.4 Å². The standard InChI is InChI=1S/C16H30O/c1-6-13-11-12-14(17)16(9-4,10-5)15(13,7-2)8-3/h13H,6-12H2,1-5H3. The van der Waals surface area contributed by atoms with Crippen LogP contribution in [0.3, 0.4) is 0 Å². The summed E-state index contributed by atoms with van der Waals surface area (Å²) in [5.41, 5.74) is 0.232. The van der Waals surface area contributed by atoms with Crippen LogP contribution in [-0.2, 0) is 4.79 Å². The van der Waals surface area contributed by atoms with E-state index in [0.717, 1.165) is 44.4 Å². The number of rotatable bonds is 5. The summed E-state index contributed by atoms with van der Waals surface area (Å²) in [6.45, 7) is 11.3. The van der Waals surface area contributed by atoms with Gasteiger partial charge in [0.1, 0.15) is 5.78 Å². The molecule has 1 rings (SSSR count). The minimum Gasteiger partial charge on any atom is -0.299 e. The predicted molar refractivity (Wildman–Crippen MR) is 74.1 cm³/mol. The average molecular weight is 238 g/mol. The molecule has 0 radical (unpaired) electrons. The summed E-state index contributed by atoms with van der Waals surface area (Å²) in [7, 11) is 0. The van der Waals surface area contributed by atoms with Crippen molar-refractivity contribution < 1.29 is 4.79 Å². The van der Waals surface area contributed by atoms with Crippen molar-refractivity contribution in [2.45, 2.75) is 79.6 Å². The van der Waals surface area contributed by atoms with Crippen LogP contribution in [0, 0.1) is 16.7 Å². The average Bonchev–Trinajstić information content (AvgIpc) is 2.38. The van der Waals surface area contributed by atoms with E-state index in [9.17, 15) is 4.79 Å². The molecule has 0 aromatic carbocycles. The van der Waals surface area contributed by atoms with Crippen LogP contribution in [0.25, 0.3) is 0 Å². The highest BCUT2D eigenvalue weighted by Gasteiger charge is 2.56. The van der Waals surface area contributed by atoms with Crippen molar-refractivity contribution in [1.82, 2.24) is 0 Å². The highest BCUT2D eigenvalue weighted by atomic mass is 16.1. The second-order valence-corrected chi connectivity index (χ2v) is 5.72. The zero-order valence-corrected chi connectivity index (χ0v) is 12.4. The Kier molecular flexibility index (Phi) is 4.80. The third-order valence-corrected chi connectivity index (χ3v) is 5.95. The van der Waals surface area contributed by atoms with Gasteiger partial charge in [0.2, 0.25) is 0 Å². The minimum atomic E-state index is -0.0323. The van der Waals surface area contributed by atoms with Crippen molar-refractivity contribution in [3.63, 3.8) is 0 Å². The maximum absolute atomic E-state index is 12.6. The fraction of sp³-hybridized carbons (Fsp3) is 0.938. The maximum Gasteiger partial charge on any atom is 0.139 e. The second-order valence-electron chi connectivity index (χ2n) is 5.72. The lowest BCUT2D eigenvalue weighted by Crippen LogP contribution is -2.54. The van der Waals surface area contributed by atoms with Crippen LogP contribution >= 0.6 is 0 Å². The van der Waals surface area contributed by atoms with Gasteiger partial charge in [-0.3, -0.25) is 4.79 Å². The van der Waals surface area contributed by atoms with Crippen molar-refractivity contribution >= 4 is 5.78 Å². The van der Waals surface area contributed by atoms with Crippen molar-refractivity contribution in [1.29, 1.82) is 0 Å². The molecule has 1 fully saturated rings. The summed E-state index contributed by atoms with van der Waals surface area (Å²) in [5, 5.41) is 0. The molecule has 0 amide bonds. The summed E-state index contributed by atoms with van der Waals surface area (Å²) < 4.78 is 0. The summed E-state index contributed by atoms with van der Waals surface area (Å²) in [4.78, 5) is 12.6. The lowest BCUT2D eigenvalue weighted by Gasteiger charge is -2.56. The minimum absolute atomic E-state index is 0.0323. The molecule has 1 nitrogen and oxygen atoms in total. The maximum atomic E-state index is 12.6. The Morgan fingerprint density at radius 2 is 1.53 bits per heavy atom. The van der Waals surface area contributed by atoms with Crippen LogP contribution in [0.5, 0.6) is 0 Å². The number of ketones is 1. The topological polar surface area (TPSA) is 17.1 Å². The summed E-state index contributed by atoms with van der Waals surface area (Å²) >= 11 is 0. The molecule has 0 N–H and O–H groups in total. The Morgan fingerprint density at radius 1 is 1.00 bits per heavy atom. The van der Waals surface area contributed by atoms with Gasteiger partial charge >= 0.3 is 0 Å². The first-order valence-electron chi connectivity index (χ1n) is 7.61. The number of carbonyl (C=O) groups is 1. The molecule has 0 aromatic rings. The lowest BCUT2D eigenvalue weighted by molar-refractivity contribution is -0.153. The molecule has 1 heteroatoms. The Bertz CT molecular complexity index is 259. The first-order chi connectivity index (χ1) is 8.08. The quantitative estimate of drug-likeness (QED) is 0.659. The van der Waals surface area contributed by atoms with E-state index in [1.54, 1.807) is 0 Å². The molecule has 0 saturated heterocycles. The molecule has 0 aromatic heterocycles. The zero-order valence-electron chi connectivity index (χ0n) is 12.4. The SMILES string of the molecule is CCC1CCC(=O)C(CC)(CC)C1(CC)CC. The van der Waals surface area contributed by atoms with Gasteiger partial charge in [-0.1, -0.05) is 41.0 Å². The number of hydrogen-bond donors (Lipinski definition) is 0. The zero-order chi connectivity index (χ0) is 13.1. The molecular formula is C16H30O. The highest BCUT2D eigenvalue weighted by Crippen LogP contribution is 2.60. The van der Waals surface area contributed by atoms with Gasteiger partial charge in [0, 0.05) is 11.8 Å². The van der Waals surface area contributed by atoms with E-state index >= 15 is 0 Å². The van der Waals surface area contributed by atoms with E-state index in [1.807, 2.05) is 0 Å². The normalized spacial score (nSPS) is 27.1. The Balaban J connectivity index is 3.30. The molecule has 0 aliphatic heterocycles. The predicted octanol–water partition coefficient (Wildman–Crippen LogP) is 4.99. The van der Waals surface area contributed by atoms with Crippen LogP contribution in [-0.4, -0.2) is 5.78 Å². The van der Waals surface area contributed by atoms with Crippen molar-refractivity contribution in [2.24, 2.45) is 16.7 Å². The fourth-order valence-electron chi connectivity index (χ4n) is 4.94. The van der Waals surface area contributed by atoms with E-state index in [2.05, 4.69) is 34.6 Å². The Hall–Kier alpha value is -0.330. The van der Waals surface area contributed by atoms with Crippen LogP contribution in [0.4, 0.5) is 0 Å². The lowest BCUT2D eigenvalue weighted by atomic mass is 9.46. The van der Waals surface area contributed by atoms with Gasteiger partial charge in [0.15, 0.2) is 0 Å². The second kappa shape index (κ2) is 5.54. The smallest absolute Gasteiger partial charge is 0.139 e. The third-order valence-electron chi connectivity index (χ3n) is 5.95. The first kappa shape index (κ1) is 14.7. The fourth-order valence-corrected chi connectivity index (χ4v) is 4.94. The van der Waals surface area contributed by atoms with Gasteiger partial charge in [0.25, 0.3) is 0 Å². The number of hydrogen-bond acceptors (Lipinski definition) is 1. The van der Waals surface area contributed by atoms with Crippen LogP contribution in [0.15, 0.2) is 0 Å². The molecule has 0 bridgehead atoms. The molecule has 1 unspecified atom stereocenters. The molecule has 1 atom stereocenters. The highest BCUT2D eigenvalue weighted by molar-refractivity contribution is 5.86. The van der Waals surface area contributed by atoms with Gasteiger partial charge in [-0.25, -0.2) is 0 Å². The van der Waals surface area contributed by atoms with E-state index in [4.69, 9.17) is 0 Å². The summed E-state index contributed by atoms with van der Waals surface area (Å²) in [6.07, 6.45) is 7.56. The van der Waals surface area contributed by atoms with Crippen LogP contribution < -0.4 is 0 Å². The van der Waals surface area contributed by atoms with Gasteiger partial charge in [-0.2, -0.15) is 0 Å². The van der Waals surface area contributed by atoms with Crippen molar-refractivity contribution in [3.05, 3.63) is 0 Å². The van der Waals surface area contributed by atoms with Gasteiger partial charge in [0.05, 0.1) is 0 Å². The molecule has 1 aliphatic rings. The van der Waals surface area contributed by atoms with Crippen LogP contribution in [0.1, 0.15) is 79.6 Å². The van der Waals surface area contributed by atoms with Crippen molar-refractivity contribution in [3.8, 4) is 0 Å². The van der Waals surface area contributed by atoms with E-state index in [-0.39, 0.29) is 10.8 Å². The molecule has 100 valence electrons. The van der Waals surface area contributed by atoms with Gasteiger partial charge < -0.3 is 0 Å².